The lowest BCUT2D eigenvalue weighted by atomic mass is 9.78. The van der Waals surface area contributed by atoms with Gasteiger partial charge in [0.25, 0.3) is 15.9 Å². The lowest BCUT2D eigenvalue weighted by molar-refractivity contribution is -0.138. The number of hydrogen-bond donors (Lipinski definition) is 2. The first kappa shape index (κ1) is 26.5. The minimum Gasteiger partial charge on any atom is -0.350 e. The summed E-state index contributed by atoms with van der Waals surface area (Å²) < 4.78 is 94.9. The number of benzene rings is 1. The van der Waals surface area contributed by atoms with Gasteiger partial charge < -0.3 is 10.3 Å². The number of H-pyrrole nitrogens is 1. The van der Waals surface area contributed by atoms with E-state index < -0.39 is 57.5 Å². The molecule has 8 nitrogen and oxygen atoms in total. The molecule has 1 aliphatic heterocycles. The number of halogens is 5. The average molecular weight is 536 g/mol. The Morgan fingerprint density at radius 1 is 1.06 bits per heavy atom. The predicted octanol–water partition coefficient (Wildman–Crippen LogP) is 3.11. The van der Waals surface area contributed by atoms with Crippen molar-refractivity contribution in [1.82, 2.24) is 24.5 Å². The molecular formula is C22H26F5N5O3S. The molecule has 1 aromatic heterocycles. The number of aromatic nitrogens is 2. The van der Waals surface area contributed by atoms with Crippen molar-refractivity contribution in [3.63, 3.8) is 0 Å². The van der Waals surface area contributed by atoms with Crippen LogP contribution in [-0.2, 0) is 16.2 Å². The van der Waals surface area contributed by atoms with Crippen LogP contribution in [0.5, 0.6) is 0 Å². The molecule has 2 aromatic rings. The van der Waals surface area contributed by atoms with E-state index in [9.17, 15) is 35.2 Å². The van der Waals surface area contributed by atoms with Gasteiger partial charge in [0, 0.05) is 51.1 Å². The van der Waals surface area contributed by atoms with Gasteiger partial charge in [0.2, 0.25) is 5.92 Å². The minimum atomic E-state index is -4.73. The van der Waals surface area contributed by atoms with E-state index in [2.05, 4.69) is 15.3 Å². The summed E-state index contributed by atoms with van der Waals surface area (Å²) in [6.07, 6.45) is -3.14. The third kappa shape index (κ3) is 5.39. The fourth-order valence-corrected chi connectivity index (χ4v) is 6.20. The van der Waals surface area contributed by atoms with Gasteiger partial charge in [0.05, 0.1) is 23.7 Å². The zero-order valence-corrected chi connectivity index (χ0v) is 20.0. The van der Waals surface area contributed by atoms with E-state index in [4.69, 9.17) is 0 Å². The molecule has 4 rings (SSSR count). The van der Waals surface area contributed by atoms with E-state index in [1.807, 2.05) is 4.90 Å². The number of imidazole rings is 1. The standard InChI is InChI=1S/C22H26F5N5O3S/c23-21(24)7-5-20(6-8-21,14-29-19(33)16-3-1-2-4-17(16)22(25,26)27)31-9-11-32(12-10-31)36(34,35)18-13-28-15-30-18/h1-4,13,15H,5-12,14H2,(H,28,30)(H,29,33). The van der Waals surface area contributed by atoms with Gasteiger partial charge in [0.1, 0.15) is 0 Å². The van der Waals surface area contributed by atoms with Crippen molar-refractivity contribution >= 4 is 15.9 Å². The maximum absolute atomic E-state index is 14.0. The van der Waals surface area contributed by atoms with Crippen molar-refractivity contribution in [3.05, 3.63) is 47.9 Å². The normalized spacial score (nSPS) is 21.2. The SMILES string of the molecule is O=C(NCC1(N2CCN(S(=O)(=O)c3cnc[nH]3)CC2)CCC(F)(F)CC1)c1ccccc1C(F)(F)F. The van der Waals surface area contributed by atoms with Crippen LogP contribution in [0.1, 0.15) is 41.6 Å². The van der Waals surface area contributed by atoms with Crippen LogP contribution in [0.4, 0.5) is 22.0 Å². The van der Waals surface area contributed by atoms with Crippen LogP contribution in [-0.4, -0.2) is 77.7 Å². The second kappa shape index (κ2) is 9.71. The highest BCUT2D eigenvalue weighted by Crippen LogP contribution is 2.42. The molecule has 1 saturated heterocycles. The van der Waals surface area contributed by atoms with Crippen molar-refractivity contribution in [2.24, 2.45) is 0 Å². The third-order valence-electron chi connectivity index (χ3n) is 6.97. The van der Waals surface area contributed by atoms with Crippen molar-refractivity contribution in [1.29, 1.82) is 0 Å². The van der Waals surface area contributed by atoms with Gasteiger partial charge in [0.15, 0.2) is 5.03 Å². The van der Waals surface area contributed by atoms with Gasteiger partial charge in [-0.05, 0) is 25.0 Å². The quantitative estimate of drug-likeness (QED) is 0.554. The fourth-order valence-electron chi connectivity index (χ4n) is 4.88. The first-order valence-electron chi connectivity index (χ1n) is 11.4. The number of nitrogens with one attached hydrogen (secondary N) is 2. The highest BCUT2D eigenvalue weighted by molar-refractivity contribution is 7.89. The first-order valence-corrected chi connectivity index (χ1v) is 12.8. The van der Waals surface area contributed by atoms with Crippen LogP contribution in [0, 0.1) is 0 Å². The van der Waals surface area contributed by atoms with E-state index in [1.54, 1.807) is 0 Å². The zero-order valence-electron chi connectivity index (χ0n) is 19.2. The Hall–Kier alpha value is -2.58. The Balaban J connectivity index is 1.50. The molecule has 36 heavy (non-hydrogen) atoms. The lowest BCUT2D eigenvalue weighted by Gasteiger charge is -2.50. The molecule has 0 atom stereocenters. The van der Waals surface area contributed by atoms with Crippen LogP contribution < -0.4 is 5.32 Å². The highest BCUT2D eigenvalue weighted by Gasteiger charge is 2.48. The number of amides is 1. The predicted molar refractivity (Wildman–Crippen MR) is 119 cm³/mol. The number of sulfonamides is 1. The number of nitrogens with zero attached hydrogens (tertiary/aromatic N) is 3. The Labute approximate surface area is 204 Å². The van der Waals surface area contributed by atoms with Crippen molar-refractivity contribution in [3.8, 4) is 0 Å². The molecule has 198 valence electrons. The second-order valence-corrected chi connectivity index (χ2v) is 11.0. The van der Waals surface area contributed by atoms with Crippen LogP contribution in [0.15, 0.2) is 41.8 Å². The molecule has 0 unspecified atom stereocenters. The summed E-state index contributed by atoms with van der Waals surface area (Å²) in [5.41, 5.74) is -2.56. The molecule has 2 N–H and O–H groups in total. The summed E-state index contributed by atoms with van der Waals surface area (Å²) in [7, 11) is -3.80. The number of hydrogen-bond acceptors (Lipinski definition) is 5. The van der Waals surface area contributed by atoms with Gasteiger partial charge in [-0.25, -0.2) is 22.2 Å². The van der Waals surface area contributed by atoms with Crippen molar-refractivity contribution < 1.29 is 35.2 Å². The maximum atomic E-state index is 14.0. The summed E-state index contributed by atoms with van der Waals surface area (Å²) in [5.74, 6) is -3.82. The van der Waals surface area contributed by atoms with Crippen LogP contribution >= 0.6 is 0 Å². The molecule has 1 aromatic carbocycles. The Morgan fingerprint density at radius 3 is 2.28 bits per heavy atom. The molecular weight excluding hydrogens is 509 g/mol. The zero-order chi connectivity index (χ0) is 26.2. The fraction of sp³-hybridized carbons (Fsp3) is 0.545. The summed E-state index contributed by atoms with van der Waals surface area (Å²) >= 11 is 0. The van der Waals surface area contributed by atoms with Gasteiger partial charge in [-0.1, -0.05) is 12.1 Å². The van der Waals surface area contributed by atoms with E-state index in [-0.39, 0.29) is 50.6 Å². The van der Waals surface area contributed by atoms with E-state index in [1.165, 1.54) is 29.0 Å². The Bertz CT molecular complexity index is 1170. The smallest absolute Gasteiger partial charge is 0.350 e. The summed E-state index contributed by atoms with van der Waals surface area (Å²) in [6, 6.07) is 4.38. The molecule has 2 heterocycles. The number of rotatable bonds is 6. The van der Waals surface area contributed by atoms with Crippen LogP contribution in [0.25, 0.3) is 0 Å². The maximum Gasteiger partial charge on any atom is 0.417 e. The van der Waals surface area contributed by atoms with Crippen LogP contribution in [0.3, 0.4) is 0 Å². The van der Waals surface area contributed by atoms with Gasteiger partial charge >= 0.3 is 6.18 Å². The van der Waals surface area contributed by atoms with Gasteiger partial charge in [-0.3, -0.25) is 9.69 Å². The lowest BCUT2D eigenvalue weighted by Crippen LogP contribution is -2.63. The van der Waals surface area contributed by atoms with Gasteiger partial charge in [-0.2, -0.15) is 17.5 Å². The third-order valence-corrected chi connectivity index (χ3v) is 8.79. The molecule has 1 aliphatic carbocycles. The largest absolute Gasteiger partial charge is 0.417 e. The molecule has 2 aliphatic rings. The number of carbonyl (C=O) groups excluding carboxylic acids is 1. The summed E-state index contributed by atoms with van der Waals surface area (Å²) in [6.45, 7) is 0.470. The first-order chi connectivity index (χ1) is 16.8. The Morgan fingerprint density at radius 2 is 1.69 bits per heavy atom. The molecule has 2 fully saturated rings. The molecule has 14 heteroatoms. The minimum absolute atomic E-state index is 0.00843. The van der Waals surface area contributed by atoms with Crippen LogP contribution in [0.2, 0.25) is 0 Å². The molecule has 1 saturated carbocycles. The van der Waals surface area contributed by atoms with Crippen molar-refractivity contribution in [2.75, 3.05) is 32.7 Å². The molecule has 0 spiro atoms. The number of aromatic amines is 1. The Kier molecular flexibility index (Phi) is 7.14. The summed E-state index contributed by atoms with van der Waals surface area (Å²) in [5, 5.41) is 2.48. The molecule has 0 bridgehead atoms. The monoisotopic (exact) mass is 535 g/mol. The van der Waals surface area contributed by atoms with Gasteiger partial charge in [-0.15, -0.1) is 0 Å². The molecule has 1 amide bonds. The van der Waals surface area contributed by atoms with E-state index >= 15 is 0 Å². The second-order valence-electron chi connectivity index (χ2n) is 9.11. The number of piperazine rings is 1. The number of alkyl halides is 5. The number of carbonyl (C=O) groups is 1. The van der Waals surface area contributed by atoms with E-state index in [0.717, 1.165) is 12.1 Å². The molecule has 0 radical (unpaired) electrons. The van der Waals surface area contributed by atoms with Crippen molar-refractivity contribution in [2.45, 2.75) is 48.3 Å². The topological polar surface area (TPSA) is 98.4 Å². The summed E-state index contributed by atoms with van der Waals surface area (Å²) in [4.78, 5) is 20.9. The highest BCUT2D eigenvalue weighted by atomic mass is 32.2. The average Bonchev–Trinajstić information content (AvgIpc) is 3.39. The van der Waals surface area contributed by atoms with E-state index in [0.29, 0.717) is 0 Å².